The van der Waals surface area contributed by atoms with Gasteiger partial charge in [0.2, 0.25) is 11.8 Å². The molecule has 2 rings (SSSR count). The van der Waals surface area contributed by atoms with Crippen molar-refractivity contribution in [1.29, 1.82) is 0 Å². The van der Waals surface area contributed by atoms with Crippen LogP contribution in [-0.2, 0) is 9.59 Å². The van der Waals surface area contributed by atoms with Gasteiger partial charge in [0.25, 0.3) is 0 Å². The molecule has 1 atom stereocenters. The molecule has 4 nitrogen and oxygen atoms in total. The number of nitrogens with one attached hydrogen (secondary N) is 2. The Morgan fingerprint density at radius 2 is 1.82 bits per heavy atom. The first-order valence-electron chi connectivity index (χ1n) is 7.79. The van der Waals surface area contributed by atoms with Crippen molar-refractivity contribution in [2.75, 3.05) is 6.54 Å². The minimum Gasteiger partial charge on any atom is -0.348 e. The monoisotopic (exact) mass is 320 g/mol. The van der Waals surface area contributed by atoms with Crippen molar-refractivity contribution in [3.8, 4) is 0 Å². The Labute approximate surface area is 136 Å². The van der Waals surface area contributed by atoms with Crippen LogP contribution in [0.4, 0.5) is 0 Å². The number of carbonyl (C=O) groups excluding carboxylic acids is 2. The van der Waals surface area contributed by atoms with Crippen molar-refractivity contribution in [3.05, 3.63) is 29.8 Å². The Bertz CT molecular complexity index is 524. The second-order valence-corrected chi connectivity index (χ2v) is 7.67. The Balaban J connectivity index is 1.78. The summed E-state index contributed by atoms with van der Waals surface area (Å²) < 4.78 is 0. The van der Waals surface area contributed by atoms with Crippen LogP contribution in [0.3, 0.4) is 0 Å². The molecule has 0 radical (unpaired) electrons. The van der Waals surface area contributed by atoms with Crippen LogP contribution >= 0.6 is 11.8 Å². The van der Waals surface area contributed by atoms with E-state index in [1.807, 2.05) is 30.8 Å². The predicted octanol–water partition coefficient (Wildman–Crippen LogP) is 2.89. The minimum absolute atomic E-state index is 0.00198. The van der Waals surface area contributed by atoms with E-state index in [1.54, 1.807) is 0 Å². The van der Waals surface area contributed by atoms with Gasteiger partial charge in [-0.1, -0.05) is 26.0 Å². The predicted molar refractivity (Wildman–Crippen MR) is 89.7 cm³/mol. The van der Waals surface area contributed by atoms with Gasteiger partial charge in [-0.25, -0.2) is 0 Å². The van der Waals surface area contributed by atoms with E-state index in [-0.39, 0.29) is 30.3 Å². The van der Waals surface area contributed by atoms with Gasteiger partial charge in [-0.05, 0) is 37.5 Å². The fourth-order valence-corrected chi connectivity index (χ4v) is 2.98. The van der Waals surface area contributed by atoms with E-state index in [1.165, 1.54) is 4.90 Å². The van der Waals surface area contributed by atoms with Crippen LogP contribution in [0.25, 0.3) is 0 Å². The van der Waals surface area contributed by atoms with Crippen LogP contribution in [0.15, 0.2) is 29.2 Å². The lowest BCUT2D eigenvalue weighted by atomic mass is 10.1. The summed E-state index contributed by atoms with van der Waals surface area (Å²) in [7, 11) is 0. The number of hydrogen-bond acceptors (Lipinski definition) is 3. The Morgan fingerprint density at radius 3 is 2.36 bits per heavy atom. The molecule has 5 heteroatoms. The van der Waals surface area contributed by atoms with Gasteiger partial charge >= 0.3 is 0 Å². The van der Waals surface area contributed by atoms with Gasteiger partial charge in [0, 0.05) is 16.1 Å². The van der Waals surface area contributed by atoms with Crippen molar-refractivity contribution in [2.24, 2.45) is 5.92 Å². The number of amides is 2. The summed E-state index contributed by atoms with van der Waals surface area (Å²) in [5, 5.41) is 6.14. The van der Waals surface area contributed by atoms with E-state index in [9.17, 15) is 9.59 Å². The fraction of sp³-hybridized carbons (Fsp3) is 0.529. The summed E-state index contributed by atoms with van der Waals surface area (Å²) >= 11 is 1.82. The van der Waals surface area contributed by atoms with Gasteiger partial charge in [-0.3, -0.25) is 9.59 Å². The molecule has 2 N–H and O–H groups in total. The van der Waals surface area contributed by atoms with Gasteiger partial charge in [0.05, 0.1) is 12.6 Å². The second kappa shape index (κ2) is 7.68. The molecule has 0 spiro atoms. The van der Waals surface area contributed by atoms with Crippen molar-refractivity contribution >= 4 is 23.6 Å². The number of hydrogen-bond donors (Lipinski definition) is 2. The molecule has 0 bridgehead atoms. The van der Waals surface area contributed by atoms with Crippen LogP contribution < -0.4 is 10.6 Å². The third-order valence-electron chi connectivity index (χ3n) is 3.50. The van der Waals surface area contributed by atoms with Crippen LogP contribution in [0.1, 0.15) is 45.2 Å². The van der Waals surface area contributed by atoms with E-state index in [0.717, 1.165) is 18.4 Å². The molecule has 120 valence electrons. The van der Waals surface area contributed by atoms with E-state index in [2.05, 4.69) is 36.6 Å². The molecule has 0 heterocycles. The van der Waals surface area contributed by atoms with Crippen LogP contribution in [0, 0.1) is 5.92 Å². The maximum Gasteiger partial charge on any atom is 0.239 e. The van der Waals surface area contributed by atoms with Crippen molar-refractivity contribution in [3.63, 3.8) is 0 Å². The highest BCUT2D eigenvalue weighted by atomic mass is 32.2. The summed E-state index contributed by atoms with van der Waals surface area (Å²) in [5.74, 6) is -0.0174. The lowest BCUT2D eigenvalue weighted by molar-refractivity contribution is -0.127. The first-order valence-corrected chi connectivity index (χ1v) is 8.67. The molecular formula is C17H24N2O2S. The molecular weight excluding hydrogens is 296 g/mol. The molecule has 1 aromatic rings. The molecule has 1 saturated carbocycles. The first kappa shape index (κ1) is 16.9. The molecule has 1 aliphatic carbocycles. The lowest BCUT2D eigenvalue weighted by Gasteiger charge is -2.15. The number of thioether (sulfide) groups is 1. The minimum atomic E-state index is -0.151. The lowest BCUT2D eigenvalue weighted by Crippen LogP contribution is -2.38. The zero-order valence-corrected chi connectivity index (χ0v) is 14.2. The average Bonchev–Trinajstić information content (AvgIpc) is 3.29. The van der Waals surface area contributed by atoms with E-state index in [4.69, 9.17) is 0 Å². The smallest absolute Gasteiger partial charge is 0.239 e. The van der Waals surface area contributed by atoms with Crippen molar-refractivity contribution in [1.82, 2.24) is 10.6 Å². The quantitative estimate of drug-likeness (QED) is 0.760. The zero-order valence-electron chi connectivity index (χ0n) is 13.4. The first-order chi connectivity index (χ1) is 10.5. The third-order valence-corrected chi connectivity index (χ3v) is 4.52. The van der Waals surface area contributed by atoms with E-state index >= 15 is 0 Å². The maximum absolute atomic E-state index is 11.9. The SMILES string of the molecule is CC(C)Sc1ccc([C@H](C)NC(=O)CNC(=O)C2CC2)cc1. The Kier molecular flexibility index (Phi) is 5.89. The molecule has 0 aromatic heterocycles. The number of rotatable bonds is 7. The van der Waals surface area contributed by atoms with Crippen molar-refractivity contribution < 1.29 is 9.59 Å². The summed E-state index contributed by atoms with van der Waals surface area (Å²) in [6, 6.07) is 8.18. The molecule has 1 fully saturated rings. The van der Waals surface area contributed by atoms with Crippen LogP contribution in [0.2, 0.25) is 0 Å². The van der Waals surface area contributed by atoms with Crippen LogP contribution in [0.5, 0.6) is 0 Å². The number of benzene rings is 1. The topological polar surface area (TPSA) is 58.2 Å². The maximum atomic E-state index is 11.9. The van der Waals surface area contributed by atoms with Gasteiger partial charge < -0.3 is 10.6 Å². The summed E-state index contributed by atoms with van der Waals surface area (Å²) in [4.78, 5) is 24.6. The van der Waals surface area contributed by atoms with Crippen LogP contribution in [-0.4, -0.2) is 23.6 Å². The molecule has 1 aliphatic rings. The highest BCUT2D eigenvalue weighted by Crippen LogP contribution is 2.28. The van der Waals surface area contributed by atoms with Gasteiger partial charge in [0.1, 0.15) is 0 Å². The standard InChI is InChI=1S/C17H24N2O2S/c1-11(2)22-15-8-6-13(7-9-15)12(3)19-16(20)10-18-17(21)14-4-5-14/h6-9,11-12,14H,4-5,10H2,1-3H3,(H,18,21)(H,19,20)/t12-/m0/s1. The highest BCUT2D eigenvalue weighted by molar-refractivity contribution is 7.99. The summed E-state index contributed by atoms with van der Waals surface area (Å²) in [5.41, 5.74) is 1.06. The van der Waals surface area contributed by atoms with Gasteiger partial charge in [0.15, 0.2) is 0 Å². The third kappa shape index (κ3) is 5.37. The Hall–Kier alpha value is -1.49. The average molecular weight is 320 g/mol. The molecule has 1 aromatic carbocycles. The Morgan fingerprint density at radius 1 is 1.18 bits per heavy atom. The van der Waals surface area contributed by atoms with Gasteiger partial charge in [-0.2, -0.15) is 0 Å². The zero-order chi connectivity index (χ0) is 16.1. The molecule has 2 amide bonds. The fourth-order valence-electron chi connectivity index (χ4n) is 2.14. The number of carbonyl (C=O) groups is 2. The normalized spacial score (nSPS) is 15.5. The largest absolute Gasteiger partial charge is 0.348 e. The van der Waals surface area contributed by atoms with E-state index in [0.29, 0.717) is 5.25 Å². The van der Waals surface area contributed by atoms with Gasteiger partial charge in [-0.15, -0.1) is 11.8 Å². The van der Waals surface area contributed by atoms with Crippen molar-refractivity contribution in [2.45, 2.75) is 49.8 Å². The molecule has 0 unspecified atom stereocenters. The molecule has 22 heavy (non-hydrogen) atoms. The summed E-state index contributed by atoms with van der Waals surface area (Å²) in [6.45, 7) is 6.33. The molecule has 0 saturated heterocycles. The second-order valence-electron chi connectivity index (χ2n) is 6.02. The molecule has 0 aliphatic heterocycles. The van der Waals surface area contributed by atoms with E-state index < -0.39 is 0 Å². The summed E-state index contributed by atoms with van der Waals surface area (Å²) in [6.07, 6.45) is 1.90. The highest BCUT2D eigenvalue weighted by Gasteiger charge is 2.29.